The van der Waals surface area contributed by atoms with Gasteiger partial charge < -0.3 is 9.84 Å². The summed E-state index contributed by atoms with van der Waals surface area (Å²) in [5.74, 6) is -1.34. The van der Waals surface area contributed by atoms with Crippen LogP contribution in [0.3, 0.4) is 0 Å². The molecule has 2 nitrogen and oxygen atoms in total. The third-order valence-corrected chi connectivity index (χ3v) is 2.93. The van der Waals surface area contributed by atoms with Crippen LogP contribution in [-0.2, 0) is 10.9 Å². The van der Waals surface area contributed by atoms with Crippen molar-refractivity contribution in [3.63, 3.8) is 0 Å². The molecule has 0 aliphatic carbocycles. The predicted octanol–water partition coefficient (Wildman–Crippen LogP) is 3.69. The monoisotopic (exact) mass is 280 g/mol. The Morgan fingerprint density at radius 1 is 1.26 bits per heavy atom. The van der Waals surface area contributed by atoms with Gasteiger partial charge in [-0.05, 0) is 37.5 Å². The van der Waals surface area contributed by atoms with Crippen LogP contribution in [0.25, 0.3) is 0 Å². The smallest absolute Gasteiger partial charge is 0.388 e. The number of ether oxygens (including phenoxy) is 1. The van der Waals surface area contributed by atoms with Gasteiger partial charge in [-0.15, -0.1) is 0 Å². The molecule has 0 aliphatic heterocycles. The maximum Gasteiger partial charge on any atom is 0.419 e. The van der Waals surface area contributed by atoms with Crippen LogP contribution in [0.15, 0.2) is 18.2 Å². The minimum absolute atomic E-state index is 0.0528. The number of benzene rings is 1. The Hall–Kier alpha value is -1.14. The molecule has 1 aromatic carbocycles. The zero-order valence-electron chi connectivity index (χ0n) is 10.7. The Morgan fingerprint density at radius 2 is 1.89 bits per heavy atom. The molecule has 0 saturated carbocycles. The van der Waals surface area contributed by atoms with Gasteiger partial charge in [0.05, 0.1) is 17.8 Å². The molecule has 0 spiro atoms. The van der Waals surface area contributed by atoms with E-state index in [0.717, 1.165) is 12.1 Å². The number of alkyl halides is 3. The first-order chi connectivity index (χ1) is 8.75. The SMILES string of the molecule is COC(C)CCC(O)c1ccc(F)c(C(F)(F)F)c1. The van der Waals surface area contributed by atoms with Crippen molar-refractivity contribution in [2.45, 2.75) is 38.1 Å². The largest absolute Gasteiger partial charge is 0.419 e. The standard InChI is InChI=1S/C13H16F4O2/c1-8(19-2)3-6-12(18)9-4-5-11(14)10(7-9)13(15,16)17/h4-5,7-8,12,18H,3,6H2,1-2H3. The number of aliphatic hydroxyl groups excluding tert-OH is 1. The Labute approximate surface area is 109 Å². The molecule has 0 bridgehead atoms. The first-order valence-electron chi connectivity index (χ1n) is 5.83. The van der Waals surface area contributed by atoms with Gasteiger partial charge in [-0.1, -0.05) is 6.07 Å². The maximum absolute atomic E-state index is 13.1. The first-order valence-corrected chi connectivity index (χ1v) is 5.83. The van der Waals surface area contributed by atoms with Crippen LogP contribution in [0.1, 0.15) is 37.0 Å². The van der Waals surface area contributed by atoms with Crippen molar-refractivity contribution < 1.29 is 27.4 Å². The minimum Gasteiger partial charge on any atom is -0.388 e. The van der Waals surface area contributed by atoms with Crippen LogP contribution in [-0.4, -0.2) is 18.3 Å². The summed E-state index contributed by atoms with van der Waals surface area (Å²) in [6.07, 6.45) is -5.19. The summed E-state index contributed by atoms with van der Waals surface area (Å²) in [7, 11) is 1.51. The van der Waals surface area contributed by atoms with E-state index in [2.05, 4.69) is 0 Å². The molecule has 1 rings (SSSR count). The van der Waals surface area contributed by atoms with Crippen LogP contribution in [0.5, 0.6) is 0 Å². The van der Waals surface area contributed by atoms with E-state index in [4.69, 9.17) is 4.74 Å². The van der Waals surface area contributed by atoms with Gasteiger partial charge in [0.15, 0.2) is 0 Å². The molecule has 1 N–H and O–H groups in total. The molecule has 2 unspecified atom stereocenters. The Balaban J connectivity index is 2.84. The van der Waals surface area contributed by atoms with Gasteiger partial charge in [0.25, 0.3) is 0 Å². The average molecular weight is 280 g/mol. The topological polar surface area (TPSA) is 29.5 Å². The lowest BCUT2D eigenvalue weighted by Gasteiger charge is -2.16. The molecule has 0 radical (unpaired) electrons. The predicted molar refractivity (Wildman–Crippen MR) is 62.1 cm³/mol. The number of hydrogen-bond donors (Lipinski definition) is 1. The molecule has 6 heteroatoms. The molecule has 0 aliphatic rings. The van der Waals surface area contributed by atoms with Gasteiger partial charge in [0.1, 0.15) is 5.82 Å². The number of hydrogen-bond acceptors (Lipinski definition) is 2. The van der Waals surface area contributed by atoms with Crippen LogP contribution in [0.2, 0.25) is 0 Å². The van der Waals surface area contributed by atoms with Crippen LogP contribution >= 0.6 is 0 Å². The fourth-order valence-electron chi connectivity index (χ4n) is 1.64. The molecule has 0 amide bonds. The van der Waals surface area contributed by atoms with Crippen LogP contribution in [0, 0.1) is 5.82 Å². The number of aliphatic hydroxyl groups is 1. The van der Waals surface area contributed by atoms with E-state index in [9.17, 15) is 22.7 Å². The second kappa shape index (κ2) is 6.34. The number of halogens is 4. The van der Waals surface area contributed by atoms with Gasteiger partial charge in [-0.2, -0.15) is 13.2 Å². The fraction of sp³-hybridized carbons (Fsp3) is 0.538. The molecule has 2 atom stereocenters. The van der Waals surface area contributed by atoms with E-state index in [-0.39, 0.29) is 18.1 Å². The van der Waals surface area contributed by atoms with Crippen molar-refractivity contribution in [3.05, 3.63) is 35.1 Å². The van der Waals surface area contributed by atoms with Gasteiger partial charge in [0.2, 0.25) is 0 Å². The molecule has 1 aromatic rings. The zero-order valence-corrected chi connectivity index (χ0v) is 10.7. The van der Waals surface area contributed by atoms with Gasteiger partial charge in [-0.25, -0.2) is 4.39 Å². The van der Waals surface area contributed by atoms with Crippen molar-refractivity contribution in [3.8, 4) is 0 Å². The lowest BCUT2D eigenvalue weighted by molar-refractivity contribution is -0.140. The summed E-state index contributed by atoms with van der Waals surface area (Å²) in [5.41, 5.74) is -1.30. The Bertz CT molecular complexity index is 418. The molecular formula is C13H16F4O2. The van der Waals surface area contributed by atoms with Crippen molar-refractivity contribution in [2.75, 3.05) is 7.11 Å². The van der Waals surface area contributed by atoms with Crippen molar-refractivity contribution >= 4 is 0 Å². The zero-order chi connectivity index (χ0) is 14.6. The van der Waals surface area contributed by atoms with E-state index in [1.54, 1.807) is 6.92 Å². The average Bonchev–Trinajstić information content (AvgIpc) is 2.34. The summed E-state index contributed by atoms with van der Waals surface area (Å²) >= 11 is 0. The summed E-state index contributed by atoms with van der Waals surface area (Å²) in [6, 6.07) is 2.53. The van der Waals surface area contributed by atoms with E-state index in [0.29, 0.717) is 12.5 Å². The third-order valence-electron chi connectivity index (χ3n) is 2.93. The first kappa shape index (κ1) is 15.9. The summed E-state index contributed by atoms with van der Waals surface area (Å²) in [6.45, 7) is 1.79. The Morgan fingerprint density at radius 3 is 2.42 bits per heavy atom. The highest BCUT2D eigenvalue weighted by atomic mass is 19.4. The highest BCUT2D eigenvalue weighted by molar-refractivity contribution is 5.28. The van der Waals surface area contributed by atoms with Gasteiger partial charge >= 0.3 is 6.18 Å². The van der Waals surface area contributed by atoms with Gasteiger partial charge in [0, 0.05) is 7.11 Å². The van der Waals surface area contributed by atoms with Crippen LogP contribution < -0.4 is 0 Å². The molecule has 19 heavy (non-hydrogen) atoms. The highest BCUT2D eigenvalue weighted by Gasteiger charge is 2.34. The van der Waals surface area contributed by atoms with E-state index < -0.39 is 23.7 Å². The maximum atomic E-state index is 13.1. The van der Waals surface area contributed by atoms with E-state index in [1.165, 1.54) is 7.11 Å². The summed E-state index contributed by atoms with van der Waals surface area (Å²) in [4.78, 5) is 0. The fourth-order valence-corrected chi connectivity index (χ4v) is 1.64. The lowest BCUT2D eigenvalue weighted by atomic mass is 10.0. The molecule has 108 valence electrons. The Kier molecular flexibility index (Phi) is 5.31. The third kappa shape index (κ3) is 4.47. The second-order valence-electron chi connectivity index (χ2n) is 4.38. The van der Waals surface area contributed by atoms with Crippen molar-refractivity contribution in [1.82, 2.24) is 0 Å². The minimum atomic E-state index is -4.76. The quantitative estimate of drug-likeness (QED) is 0.833. The number of methoxy groups -OCH3 is 1. The molecule has 0 aromatic heterocycles. The number of rotatable bonds is 5. The second-order valence-corrected chi connectivity index (χ2v) is 4.38. The normalized spacial score (nSPS) is 15.3. The highest BCUT2D eigenvalue weighted by Crippen LogP contribution is 2.33. The van der Waals surface area contributed by atoms with Gasteiger partial charge in [-0.3, -0.25) is 0 Å². The van der Waals surface area contributed by atoms with E-state index in [1.807, 2.05) is 0 Å². The van der Waals surface area contributed by atoms with Crippen molar-refractivity contribution in [1.29, 1.82) is 0 Å². The molecule has 0 saturated heterocycles. The molecular weight excluding hydrogens is 264 g/mol. The van der Waals surface area contributed by atoms with Crippen LogP contribution in [0.4, 0.5) is 17.6 Å². The summed E-state index contributed by atoms with van der Waals surface area (Å²) < 4.78 is 55.6. The van der Waals surface area contributed by atoms with Crippen molar-refractivity contribution in [2.24, 2.45) is 0 Å². The molecule has 0 fully saturated rings. The molecule has 0 heterocycles. The lowest BCUT2D eigenvalue weighted by Crippen LogP contribution is -2.11. The van der Waals surface area contributed by atoms with E-state index >= 15 is 0 Å². The summed E-state index contributed by atoms with van der Waals surface area (Å²) in [5, 5.41) is 9.80.